The summed E-state index contributed by atoms with van der Waals surface area (Å²) in [6.07, 6.45) is 4.63. The van der Waals surface area contributed by atoms with E-state index in [4.69, 9.17) is 4.99 Å². The molecule has 2 fully saturated rings. The average Bonchev–Trinajstić information content (AvgIpc) is 2.62. The fourth-order valence-electron chi connectivity index (χ4n) is 4.06. The number of sulfone groups is 1. The Morgan fingerprint density at radius 3 is 2.77 bits per heavy atom. The Kier molecular flexibility index (Phi) is 5.75. The van der Waals surface area contributed by atoms with Crippen LogP contribution in [0.1, 0.15) is 44.6 Å². The van der Waals surface area contributed by atoms with E-state index < -0.39 is 14.6 Å². The minimum absolute atomic E-state index is 0.198. The topological polar surface area (TPSA) is 82.0 Å². The lowest BCUT2D eigenvalue weighted by molar-refractivity contribution is 0.274. The van der Waals surface area contributed by atoms with Crippen molar-refractivity contribution < 1.29 is 13.5 Å². The molecule has 26 heavy (non-hydrogen) atoms. The highest BCUT2D eigenvalue weighted by atomic mass is 32.2. The number of nitrogens with zero attached hydrogens (tertiary/aromatic N) is 2. The minimum atomic E-state index is -3.06. The summed E-state index contributed by atoms with van der Waals surface area (Å²) in [4.78, 5) is 6.81. The number of hydrogen-bond acceptors (Lipinski definition) is 4. The van der Waals surface area contributed by atoms with Gasteiger partial charge in [0.2, 0.25) is 0 Å². The first-order chi connectivity index (χ1) is 12.5. The van der Waals surface area contributed by atoms with Crippen molar-refractivity contribution in [3.05, 3.63) is 29.8 Å². The van der Waals surface area contributed by atoms with E-state index in [1.807, 2.05) is 13.0 Å². The number of aromatic hydroxyl groups is 1. The van der Waals surface area contributed by atoms with Gasteiger partial charge in [-0.1, -0.05) is 31.4 Å². The zero-order valence-corrected chi connectivity index (χ0v) is 16.3. The van der Waals surface area contributed by atoms with E-state index in [2.05, 4.69) is 10.2 Å². The maximum absolute atomic E-state index is 12.8. The Bertz CT molecular complexity index is 755. The van der Waals surface area contributed by atoms with Crippen LogP contribution in [0.15, 0.2) is 29.3 Å². The Labute approximate surface area is 156 Å². The molecule has 0 atom stereocenters. The molecule has 1 aliphatic carbocycles. The van der Waals surface area contributed by atoms with Gasteiger partial charge in [0.1, 0.15) is 5.75 Å². The second-order valence-electron chi connectivity index (χ2n) is 7.32. The molecule has 1 aromatic carbocycles. The van der Waals surface area contributed by atoms with Crippen LogP contribution >= 0.6 is 0 Å². The fourth-order valence-corrected chi connectivity index (χ4v) is 6.22. The van der Waals surface area contributed by atoms with Crippen molar-refractivity contribution in [1.29, 1.82) is 0 Å². The van der Waals surface area contributed by atoms with Gasteiger partial charge in [-0.25, -0.2) is 13.4 Å². The summed E-state index contributed by atoms with van der Waals surface area (Å²) in [6.45, 7) is 4.21. The van der Waals surface area contributed by atoms with Gasteiger partial charge < -0.3 is 15.3 Å². The molecule has 0 bridgehead atoms. The molecule has 1 heterocycles. The Hall–Kier alpha value is -1.76. The number of guanidine groups is 1. The van der Waals surface area contributed by atoms with Gasteiger partial charge >= 0.3 is 0 Å². The smallest absolute Gasteiger partial charge is 0.194 e. The molecular weight excluding hydrogens is 350 g/mol. The third-order valence-electron chi connectivity index (χ3n) is 5.49. The lowest BCUT2D eigenvalue weighted by atomic mass is 9.87. The normalized spacial score (nSPS) is 22.3. The predicted octanol–water partition coefficient (Wildman–Crippen LogP) is 2.29. The van der Waals surface area contributed by atoms with Crippen LogP contribution in [0.25, 0.3) is 0 Å². The molecule has 1 spiro atoms. The Morgan fingerprint density at radius 2 is 2.08 bits per heavy atom. The molecule has 1 aliphatic heterocycles. The van der Waals surface area contributed by atoms with Crippen molar-refractivity contribution in [2.24, 2.45) is 4.99 Å². The minimum Gasteiger partial charge on any atom is -0.508 e. The molecule has 0 amide bonds. The van der Waals surface area contributed by atoms with Crippen molar-refractivity contribution in [2.45, 2.75) is 50.3 Å². The average molecular weight is 380 g/mol. The molecule has 1 saturated heterocycles. The number of hydrogen-bond donors (Lipinski definition) is 2. The van der Waals surface area contributed by atoms with Gasteiger partial charge in [-0.2, -0.15) is 0 Å². The first kappa shape index (κ1) is 19.0. The number of rotatable bonds is 3. The van der Waals surface area contributed by atoms with E-state index >= 15 is 0 Å². The summed E-state index contributed by atoms with van der Waals surface area (Å²) in [6, 6.07) is 7.07. The van der Waals surface area contributed by atoms with E-state index in [1.54, 1.807) is 18.2 Å². The zero-order valence-electron chi connectivity index (χ0n) is 15.4. The Balaban J connectivity index is 1.80. The first-order valence-electron chi connectivity index (χ1n) is 9.49. The lowest BCUT2D eigenvalue weighted by Crippen LogP contribution is -2.60. The quantitative estimate of drug-likeness (QED) is 0.622. The second-order valence-corrected chi connectivity index (χ2v) is 9.83. The number of benzene rings is 1. The SMILES string of the molecule is CCNC(=NCc1cccc(O)c1)N1CCS(=O)(=O)C2(CCCCC2)C1. The molecule has 1 saturated carbocycles. The standard InChI is InChI=1S/C19H29N3O3S/c1-2-20-18(21-14-16-7-6-8-17(23)13-16)22-11-12-26(24,25)19(15-22)9-4-3-5-10-19/h6-8,13,23H,2-5,9-12,14-15H2,1H3,(H,20,21). The van der Waals surface area contributed by atoms with Gasteiger partial charge in [0, 0.05) is 19.6 Å². The number of aliphatic imine (C=N–C) groups is 1. The molecule has 7 heteroatoms. The Morgan fingerprint density at radius 1 is 1.31 bits per heavy atom. The van der Waals surface area contributed by atoms with Crippen LogP contribution in [0, 0.1) is 0 Å². The third-order valence-corrected chi connectivity index (χ3v) is 8.07. The summed E-state index contributed by atoms with van der Waals surface area (Å²) < 4.78 is 25.0. The molecule has 3 rings (SSSR count). The number of phenolic OH excluding ortho intramolecular Hbond substituents is 1. The van der Waals surface area contributed by atoms with Crippen molar-refractivity contribution in [3.8, 4) is 5.75 Å². The summed E-state index contributed by atoms with van der Waals surface area (Å²) in [5.41, 5.74) is 0.928. The van der Waals surface area contributed by atoms with Crippen LogP contribution in [0.3, 0.4) is 0 Å². The molecule has 2 aliphatic rings. The summed E-state index contributed by atoms with van der Waals surface area (Å²) >= 11 is 0. The summed E-state index contributed by atoms with van der Waals surface area (Å²) in [5, 5.41) is 12.9. The van der Waals surface area contributed by atoms with Crippen LogP contribution in [-0.2, 0) is 16.4 Å². The van der Waals surface area contributed by atoms with Gasteiger partial charge in [0.05, 0.1) is 17.0 Å². The van der Waals surface area contributed by atoms with E-state index in [-0.39, 0.29) is 11.5 Å². The summed E-state index contributed by atoms with van der Waals surface area (Å²) in [7, 11) is -3.06. The van der Waals surface area contributed by atoms with Crippen LogP contribution in [0.5, 0.6) is 5.75 Å². The number of nitrogens with one attached hydrogen (secondary N) is 1. The highest BCUT2D eigenvalue weighted by molar-refractivity contribution is 7.92. The molecular formula is C19H29N3O3S. The first-order valence-corrected chi connectivity index (χ1v) is 11.1. The van der Waals surface area contributed by atoms with E-state index in [0.717, 1.165) is 50.2 Å². The predicted molar refractivity (Wildman–Crippen MR) is 104 cm³/mol. The number of phenols is 1. The van der Waals surface area contributed by atoms with Gasteiger partial charge in [0.15, 0.2) is 15.8 Å². The van der Waals surface area contributed by atoms with E-state index in [0.29, 0.717) is 19.6 Å². The van der Waals surface area contributed by atoms with Gasteiger partial charge in [0.25, 0.3) is 0 Å². The molecule has 2 N–H and O–H groups in total. The molecule has 6 nitrogen and oxygen atoms in total. The molecule has 1 aromatic rings. The van der Waals surface area contributed by atoms with Crippen molar-refractivity contribution in [1.82, 2.24) is 10.2 Å². The van der Waals surface area contributed by atoms with Gasteiger partial charge in [-0.05, 0) is 37.5 Å². The lowest BCUT2D eigenvalue weighted by Gasteiger charge is -2.45. The molecule has 0 aromatic heterocycles. The van der Waals surface area contributed by atoms with Crippen LogP contribution in [-0.4, -0.2) is 54.5 Å². The van der Waals surface area contributed by atoms with E-state index in [1.165, 1.54) is 0 Å². The molecule has 144 valence electrons. The molecule has 0 radical (unpaired) electrons. The highest BCUT2D eigenvalue weighted by Crippen LogP contribution is 2.38. The highest BCUT2D eigenvalue weighted by Gasteiger charge is 2.48. The van der Waals surface area contributed by atoms with Crippen molar-refractivity contribution >= 4 is 15.8 Å². The second kappa shape index (κ2) is 7.86. The van der Waals surface area contributed by atoms with Crippen LogP contribution in [0.2, 0.25) is 0 Å². The van der Waals surface area contributed by atoms with Gasteiger partial charge in [-0.15, -0.1) is 0 Å². The van der Waals surface area contributed by atoms with Crippen LogP contribution < -0.4 is 5.32 Å². The largest absolute Gasteiger partial charge is 0.508 e. The zero-order chi connectivity index (χ0) is 18.6. The third kappa shape index (κ3) is 3.98. The van der Waals surface area contributed by atoms with Crippen molar-refractivity contribution in [2.75, 3.05) is 25.4 Å². The summed E-state index contributed by atoms with van der Waals surface area (Å²) in [5.74, 6) is 1.19. The van der Waals surface area contributed by atoms with Crippen LogP contribution in [0.4, 0.5) is 0 Å². The van der Waals surface area contributed by atoms with E-state index in [9.17, 15) is 13.5 Å². The van der Waals surface area contributed by atoms with Crippen molar-refractivity contribution in [3.63, 3.8) is 0 Å². The van der Waals surface area contributed by atoms with Gasteiger partial charge in [-0.3, -0.25) is 0 Å². The fraction of sp³-hybridized carbons (Fsp3) is 0.632. The monoisotopic (exact) mass is 379 g/mol. The maximum Gasteiger partial charge on any atom is 0.194 e. The molecule has 0 unspecified atom stereocenters. The maximum atomic E-state index is 12.8.